The quantitative estimate of drug-likeness (QED) is 0.350. The summed E-state index contributed by atoms with van der Waals surface area (Å²) in [6.07, 6.45) is 0. The maximum atomic E-state index is 8.75. The predicted octanol–water partition coefficient (Wildman–Crippen LogP) is 0.485. The van der Waals surface area contributed by atoms with E-state index in [2.05, 4.69) is 0 Å². The van der Waals surface area contributed by atoms with Crippen molar-refractivity contribution in [2.45, 2.75) is 13.8 Å². The third-order valence-electron chi connectivity index (χ3n) is 0.946. The zero-order valence-corrected chi connectivity index (χ0v) is 6.57. The van der Waals surface area contributed by atoms with E-state index in [1.807, 2.05) is 13.8 Å². The lowest BCUT2D eigenvalue weighted by Gasteiger charge is -2.19. The Hall–Kier alpha value is 0.335. The number of aliphatic hydroxyl groups excluding tert-OH is 1. The molecule has 53 valence electrons. The standard InChI is InChI=1S/C5H12BO2S/c1-5(2,3-7)4-8-9-6/h6-7H,3-4H2,1-2H3/i6T. The van der Waals surface area contributed by atoms with Gasteiger partial charge in [-0.05, 0) is 1.34 Å². The maximum absolute atomic E-state index is 8.75. The highest BCUT2D eigenvalue weighted by molar-refractivity contribution is 8.15. The molecule has 0 aromatic heterocycles. The van der Waals surface area contributed by atoms with Gasteiger partial charge in [-0.3, -0.25) is 0 Å². The molecule has 0 aliphatic rings. The zero-order valence-electron chi connectivity index (χ0n) is 6.76. The summed E-state index contributed by atoms with van der Waals surface area (Å²) < 4.78 is 11.6. The van der Waals surface area contributed by atoms with E-state index in [0.29, 0.717) is 6.61 Å². The smallest absolute Gasteiger partial charge is 0.209 e. The van der Waals surface area contributed by atoms with Gasteiger partial charge in [0.15, 0.2) is 0 Å². The zero-order chi connectivity index (χ0) is 8.04. The van der Waals surface area contributed by atoms with Gasteiger partial charge in [0, 0.05) is 5.41 Å². The van der Waals surface area contributed by atoms with Crippen LogP contribution >= 0.6 is 11.9 Å². The van der Waals surface area contributed by atoms with E-state index in [-0.39, 0.29) is 12.0 Å². The lowest BCUT2D eigenvalue weighted by molar-refractivity contribution is 0.109. The van der Waals surface area contributed by atoms with Gasteiger partial charge in [-0.2, -0.15) is 0 Å². The molecule has 0 spiro atoms. The van der Waals surface area contributed by atoms with Crippen molar-refractivity contribution in [1.82, 2.24) is 0 Å². The lowest BCUT2D eigenvalue weighted by atomic mass is 9.97. The monoisotopic (exact) mass is 149 g/mol. The van der Waals surface area contributed by atoms with Gasteiger partial charge in [-0.15, -0.1) is 0 Å². The average Bonchev–Trinajstić information content (AvgIpc) is 1.89. The molecule has 0 atom stereocenters. The normalized spacial score (nSPS) is 13.0. The summed E-state index contributed by atoms with van der Waals surface area (Å²) in [5, 5.41) is 8.75. The molecule has 0 saturated heterocycles. The van der Waals surface area contributed by atoms with E-state index in [1.165, 1.54) is 0 Å². The van der Waals surface area contributed by atoms with Crippen LogP contribution in [0.15, 0.2) is 0 Å². The van der Waals surface area contributed by atoms with Crippen LogP contribution < -0.4 is 0 Å². The molecule has 0 fully saturated rings. The molecule has 9 heavy (non-hydrogen) atoms. The summed E-state index contributed by atoms with van der Waals surface area (Å²) in [5.41, 5.74) is -0.198. The minimum Gasteiger partial charge on any atom is -0.396 e. The lowest BCUT2D eigenvalue weighted by Crippen LogP contribution is -2.21. The fraction of sp³-hybridized carbons (Fsp3) is 1.00. The van der Waals surface area contributed by atoms with Crippen molar-refractivity contribution >= 4 is 19.0 Å². The molecule has 4 heteroatoms. The molecule has 1 N–H and O–H groups in total. The Labute approximate surface area is 62.8 Å². The molecule has 0 heterocycles. The highest BCUT2D eigenvalue weighted by Crippen LogP contribution is 2.15. The Bertz CT molecular complexity index is 91.7. The van der Waals surface area contributed by atoms with Crippen molar-refractivity contribution in [2.75, 3.05) is 13.2 Å². The largest absolute Gasteiger partial charge is 0.396 e. The molecule has 0 aliphatic carbocycles. The highest BCUT2D eigenvalue weighted by Gasteiger charge is 2.15. The van der Waals surface area contributed by atoms with Gasteiger partial charge in [0.05, 0.1) is 13.2 Å². The van der Waals surface area contributed by atoms with Crippen molar-refractivity contribution in [2.24, 2.45) is 5.41 Å². The molecule has 1 radical (unpaired) electrons. The van der Waals surface area contributed by atoms with Gasteiger partial charge in [-0.1, -0.05) is 25.7 Å². The van der Waals surface area contributed by atoms with Gasteiger partial charge >= 0.3 is 0 Å². The Kier molecular flexibility index (Phi) is 3.47. The van der Waals surface area contributed by atoms with Crippen LogP contribution in [-0.4, -0.2) is 26.7 Å². The summed E-state index contributed by atoms with van der Waals surface area (Å²) in [4.78, 5) is 0. The summed E-state index contributed by atoms with van der Waals surface area (Å²) >= 11 is 0.981. The first-order valence-electron chi connectivity index (χ1n) is 3.29. The van der Waals surface area contributed by atoms with E-state index in [0.717, 1.165) is 19.0 Å². The Morgan fingerprint density at radius 2 is 2.56 bits per heavy atom. The summed E-state index contributed by atoms with van der Waals surface area (Å²) in [6, 6.07) is 0. The number of aliphatic hydroxyl groups is 1. The molecule has 2 nitrogen and oxygen atoms in total. The van der Waals surface area contributed by atoms with Crippen molar-refractivity contribution in [3.8, 4) is 0 Å². The van der Waals surface area contributed by atoms with Crippen LogP contribution in [0, 0.1) is 5.41 Å². The van der Waals surface area contributed by atoms with Gasteiger partial charge in [0.2, 0.25) is 7.09 Å². The van der Waals surface area contributed by atoms with E-state index >= 15 is 0 Å². The Balaban J connectivity index is 3.28. The van der Waals surface area contributed by atoms with Gasteiger partial charge < -0.3 is 9.29 Å². The van der Waals surface area contributed by atoms with Crippen LogP contribution in [0.5, 0.6) is 0 Å². The highest BCUT2D eigenvalue weighted by atomic mass is 32.2. The Morgan fingerprint density at radius 1 is 1.89 bits per heavy atom. The first-order chi connectivity index (χ1) is 4.62. The predicted molar refractivity (Wildman–Crippen MR) is 41.6 cm³/mol. The molecule has 0 aromatic carbocycles. The molecular weight excluding hydrogens is 135 g/mol. The second-order valence-electron chi connectivity index (χ2n) is 2.68. The second-order valence-corrected chi connectivity index (χ2v) is 3.11. The summed E-state index contributed by atoms with van der Waals surface area (Å²) in [7, 11) is 1.12. The van der Waals surface area contributed by atoms with Crippen molar-refractivity contribution < 1.29 is 9.29 Å². The molecule has 0 unspecified atom stereocenters. The summed E-state index contributed by atoms with van der Waals surface area (Å²) in [6.45, 7) is 4.37. The van der Waals surface area contributed by atoms with Crippen LogP contribution in [0.4, 0.5) is 0 Å². The van der Waals surface area contributed by atoms with Crippen LogP contribution in [0.25, 0.3) is 0 Å². The first-order valence-corrected chi connectivity index (χ1v) is 3.52. The minimum atomic E-state index is -0.198. The van der Waals surface area contributed by atoms with E-state index in [9.17, 15) is 0 Å². The van der Waals surface area contributed by atoms with Crippen LogP contribution in [-0.2, 0) is 4.18 Å². The fourth-order valence-corrected chi connectivity index (χ4v) is 0.626. The molecule has 0 bridgehead atoms. The van der Waals surface area contributed by atoms with Crippen molar-refractivity contribution in [3.05, 3.63) is 0 Å². The molecule has 0 amide bonds. The topological polar surface area (TPSA) is 29.5 Å². The molecule has 0 aliphatic heterocycles. The fourth-order valence-electron chi connectivity index (χ4n) is 0.239. The van der Waals surface area contributed by atoms with Crippen LogP contribution in [0.3, 0.4) is 0 Å². The number of rotatable bonds is 5. The van der Waals surface area contributed by atoms with Crippen LogP contribution in [0.1, 0.15) is 13.8 Å². The average molecular weight is 149 g/mol. The van der Waals surface area contributed by atoms with E-state index < -0.39 is 0 Å². The molecular formula is C5H12BO2S. The van der Waals surface area contributed by atoms with Gasteiger partial charge in [-0.25, -0.2) is 0 Å². The van der Waals surface area contributed by atoms with Crippen LogP contribution in [0.2, 0.25) is 0 Å². The molecule has 0 aromatic rings. The van der Waals surface area contributed by atoms with E-state index in [1.54, 1.807) is 0 Å². The second kappa shape index (κ2) is 4.20. The van der Waals surface area contributed by atoms with E-state index in [4.69, 9.17) is 10.6 Å². The minimum absolute atomic E-state index is 0.103. The van der Waals surface area contributed by atoms with Crippen molar-refractivity contribution in [1.29, 1.82) is 1.34 Å². The summed E-state index contributed by atoms with van der Waals surface area (Å²) in [5.74, 6) is 0. The van der Waals surface area contributed by atoms with Crippen molar-refractivity contribution in [3.63, 3.8) is 0 Å². The SMILES string of the molecule is [3H][B]SOCC(C)(C)CO. The van der Waals surface area contributed by atoms with Gasteiger partial charge in [0.1, 0.15) is 0 Å². The maximum Gasteiger partial charge on any atom is 0.209 e. The van der Waals surface area contributed by atoms with Gasteiger partial charge in [0.25, 0.3) is 0 Å². The number of hydrogen-bond donors (Lipinski definition) is 1. The molecule has 0 saturated carbocycles. The number of hydrogen-bond acceptors (Lipinski definition) is 3. The first kappa shape index (κ1) is 7.44. The third-order valence-corrected chi connectivity index (χ3v) is 1.20. The molecule has 0 rings (SSSR count). The third kappa shape index (κ3) is 4.81. The Morgan fingerprint density at radius 3 is 3.00 bits per heavy atom.